The molecule has 0 radical (unpaired) electrons. The van der Waals surface area contributed by atoms with Gasteiger partial charge in [0.2, 0.25) is 11.9 Å². The molecular formula is C25H23N7O3. The first kappa shape index (κ1) is 22.1. The average Bonchev–Trinajstić information content (AvgIpc) is 3.07. The van der Waals surface area contributed by atoms with Gasteiger partial charge in [-0.25, -0.2) is 4.79 Å². The van der Waals surface area contributed by atoms with Crippen molar-refractivity contribution in [1.82, 2.24) is 25.2 Å². The number of rotatable bonds is 6. The predicted molar refractivity (Wildman–Crippen MR) is 131 cm³/mol. The van der Waals surface area contributed by atoms with Crippen molar-refractivity contribution in [3.8, 4) is 5.75 Å². The summed E-state index contributed by atoms with van der Waals surface area (Å²) in [6, 6.07) is 20.1. The van der Waals surface area contributed by atoms with Gasteiger partial charge in [0.15, 0.2) is 5.82 Å². The van der Waals surface area contributed by atoms with E-state index < -0.39 is 17.5 Å². The predicted octanol–water partition coefficient (Wildman–Crippen LogP) is 3.33. The Kier molecular flexibility index (Phi) is 5.40. The summed E-state index contributed by atoms with van der Waals surface area (Å²) in [6.07, 6.45) is 0. The number of carbonyl (C=O) groups is 2. The van der Waals surface area contributed by atoms with Crippen LogP contribution in [0.5, 0.6) is 5.75 Å². The number of anilines is 3. The minimum absolute atomic E-state index is 0.0202. The number of para-hydroxylation sites is 1. The molecule has 4 N–H and O–H groups in total. The molecule has 1 aromatic heterocycles. The molecule has 0 bridgehead atoms. The molecule has 2 heterocycles. The van der Waals surface area contributed by atoms with Crippen molar-refractivity contribution in [3.05, 3.63) is 78.1 Å². The normalized spacial score (nSPS) is 17.5. The van der Waals surface area contributed by atoms with Crippen LogP contribution in [0.25, 0.3) is 10.8 Å². The molecule has 1 saturated heterocycles. The van der Waals surface area contributed by atoms with Gasteiger partial charge in [0.1, 0.15) is 11.3 Å². The van der Waals surface area contributed by atoms with Gasteiger partial charge in [-0.15, -0.1) is 0 Å². The van der Waals surface area contributed by atoms with Crippen LogP contribution < -0.4 is 21.1 Å². The Morgan fingerprint density at radius 3 is 2.51 bits per heavy atom. The molecular weight excluding hydrogens is 446 g/mol. The van der Waals surface area contributed by atoms with Crippen molar-refractivity contribution >= 4 is 40.3 Å². The van der Waals surface area contributed by atoms with E-state index in [1.165, 1.54) is 0 Å². The lowest BCUT2D eigenvalue weighted by atomic mass is 9.90. The minimum atomic E-state index is -1.24. The third-order valence-corrected chi connectivity index (χ3v) is 5.93. The molecule has 1 unspecified atom stereocenters. The number of urea groups is 1. The maximum absolute atomic E-state index is 13.4. The number of carbonyl (C=O) groups excluding carboxylic acids is 2. The number of nitrogens with two attached hydrogens (primary N) is 1. The quantitative estimate of drug-likeness (QED) is 0.366. The smallest absolute Gasteiger partial charge is 0.325 e. The van der Waals surface area contributed by atoms with E-state index in [0.29, 0.717) is 5.56 Å². The summed E-state index contributed by atoms with van der Waals surface area (Å²) in [5, 5.41) is 7.75. The van der Waals surface area contributed by atoms with Gasteiger partial charge in [-0.3, -0.25) is 9.69 Å². The number of fused-ring (bicyclic) bond motifs is 1. The molecule has 1 aliphatic rings. The first-order chi connectivity index (χ1) is 16.9. The maximum atomic E-state index is 13.4. The molecule has 0 spiro atoms. The molecule has 176 valence electrons. The van der Waals surface area contributed by atoms with Crippen LogP contribution in [-0.4, -0.2) is 38.9 Å². The van der Waals surface area contributed by atoms with Gasteiger partial charge in [-0.2, -0.15) is 15.0 Å². The van der Waals surface area contributed by atoms with Crippen molar-refractivity contribution in [2.45, 2.75) is 19.0 Å². The monoisotopic (exact) mass is 469 g/mol. The molecule has 1 aliphatic heterocycles. The van der Waals surface area contributed by atoms with Crippen LogP contribution in [0.3, 0.4) is 0 Å². The number of benzene rings is 3. The third kappa shape index (κ3) is 4.17. The Hall–Kier alpha value is -4.73. The highest BCUT2D eigenvalue weighted by molar-refractivity contribution is 6.07. The second kappa shape index (κ2) is 8.56. The molecule has 10 heteroatoms. The summed E-state index contributed by atoms with van der Waals surface area (Å²) in [6.45, 7) is 1.53. The highest BCUT2D eigenvalue weighted by Crippen LogP contribution is 2.32. The molecule has 1 fully saturated rings. The van der Waals surface area contributed by atoms with Crippen molar-refractivity contribution in [1.29, 1.82) is 0 Å². The summed E-state index contributed by atoms with van der Waals surface area (Å²) in [5.41, 5.74) is 6.05. The zero-order chi connectivity index (χ0) is 24.6. The fraction of sp³-hybridized carbons (Fsp3) is 0.160. The summed E-state index contributed by atoms with van der Waals surface area (Å²) >= 11 is 0. The highest BCUT2D eigenvalue weighted by Gasteiger charge is 2.49. The summed E-state index contributed by atoms with van der Waals surface area (Å²) in [5.74, 6) is 0.721. The number of methoxy groups -OCH3 is 1. The van der Waals surface area contributed by atoms with Crippen molar-refractivity contribution in [2.24, 2.45) is 0 Å². The number of nitrogen functional groups attached to an aromatic ring is 1. The fourth-order valence-corrected chi connectivity index (χ4v) is 4.05. The standard InChI is InChI=1S/C25H23N7O3/c1-25(17-10-8-16-13-19(35-2)11-9-15(16)12-17)21(33)32(24(34)31-25)14-20-28-22(26)30-23(29-20)27-18-6-4-3-5-7-18/h3-13H,14H2,1-2H3,(H,31,34)(H3,26,27,28,29,30). The SMILES string of the molecule is COc1ccc2cc(C3(C)NC(=O)N(Cc4nc(N)nc(Nc5ccccc5)n4)C3=O)ccc2c1. The summed E-state index contributed by atoms with van der Waals surface area (Å²) in [7, 11) is 1.61. The van der Waals surface area contributed by atoms with E-state index in [-0.39, 0.29) is 24.3 Å². The topological polar surface area (TPSA) is 135 Å². The van der Waals surface area contributed by atoms with Gasteiger partial charge in [-0.1, -0.05) is 36.4 Å². The lowest BCUT2D eigenvalue weighted by molar-refractivity contribution is -0.131. The Morgan fingerprint density at radius 1 is 1.00 bits per heavy atom. The van der Waals surface area contributed by atoms with Crippen LogP contribution in [0.2, 0.25) is 0 Å². The van der Waals surface area contributed by atoms with E-state index in [1.54, 1.807) is 14.0 Å². The van der Waals surface area contributed by atoms with Gasteiger partial charge in [-0.05, 0) is 53.6 Å². The van der Waals surface area contributed by atoms with Crippen molar-refractivity contribution < 1.29 is 14.3 Å². The molecule has 3 amide bonds. The molecule has 10 nitrogen and oxygen atoms in total. The Labute approximate surface area is 201 Å². The van der Waals surface area contributed by atoms with Gasteiger partial charge >= 0.3 is 6.03 Å². The van der Waals surface area contributed by atoms with Crippen LogP contribution in [0.15, 0.2) is 66.7 Å². The third-order valence-electron chi connectivity index (χ3n) is 5.93. The fourth-order valence-electron chi connectivity index (χ4n) is 4.05. The number of hydrogen-bond donors (Lipinski definition) is 3. The minimum Gasteiger partial charge on any atom is -0.497 e. The summed E-state index contributed by atoms with van der Waals surface area (Å²) < 4.78 is 5.28. The number of aromatic nitrogens is 3. The number of amides is 3. The van der Waals surface area contributed by atoms with E-state index >= 15 is 0 Å². The zero-order valence-corrected chi connectivity index (χ0v) is 19.1. The van der Waals surface area contributed by atoms with Crippen LogP contribution in [0.4, 0.5) is 22.4 Å². The molecule has 3 aromatic carbocycles. The second-order valence-corrected chi connectivity index (χ2v) is 8.30. The van der Waals surface area contributed by atoms with Crippen molar-refractivity contribution in [2.75, 3.05) is 18.2 Å². The van der Waals surface area contributed by atoms with E-state index in [0.717, 1.165) is 27.1 Å². The zero-order valence-electron chi connectivity index (χ0n) is 19.1. The van der Waals surface area contributed by atoms with E-state index in [2.05, 4.69) is 25.6 Å². The Bertz CT molecular complexity index is 1440. The maximum Gasteiger partial charge on any atom is 0.325 e. The molecule has 4 aromatic rings. The summed E-state index contributed by atoms with van der Waals surface area (Å²) in [4.78, 5) is 39.9. The average molecular weight is 470 g/mol. The van der Waals surface area contributed by atoms with E-state index in [1.807, 2.05) is 66.7 Å². The van der Waals surface area contributed by atoms with E-state index in [4.69, 9.17) is 10.5 Å². The number of nitrogens with zero attached hydrogens (tertiary/aromatic N) is 4. The van der Waals surface area contributed by atoms with Gasteiger partial charge in [0.05, 0.1) is 13.7 Å². The van der Waals surface area contributed by atoms with Crippen LogP contribution >= 0.6 is 0 Å². The molecule has 5 rings (SSSR count). The first-order valence-electron chi connectivity index (χ1n) is 10.9. The Morgan fingerprint density at radius 2 is 1.74 bits per heavy atom. The number of nitrogens with one attached hydrogen (secondary N) is 2. The number of hydrogen-bond acceptors (Lipinski definition) is 8. The van der Waals surface area contributed by atoms with Gasteiger partial charge in [0, 0.05) is 5.69 Å². The lowest BCUT2D eigenvalue weighted by Crippen LogP contribution is -2.40. The molecule has 0 saturated carbocycles. The first-order valence-corrected chi connectivity index (χ1v) is 10.9. The van der Waals surface area contributed by atoms with Crippen LogP contribution in [0, 0.1) is 0 Å². The molecule has 35 heavy (non-hydrogen) atoms. The number of ether oxygens (including phenoxy) is 1. The lowest BCUT2D eigenvalue weighted by Gasteiger charge is -2.22. The van der Waals surface area contributed by atoms with Crippen LogP contribution in [0.1, 0.15) is 18.3 Å². The number of imide groups is 1. The highest BCUT2D eigenvalue weighted by atomic mass is 16.5. The van der Waals surface area contributed by atoms with Crippen LogP contribution in [-0.2, 0) is 16.9 Å². The van der Waals surface area contributed by atoms with E-state index in [9.17, 15) is 9.59 Å². The van der Waals surface area contributed by atoms with Gasteiger partial charge < -0.3 is 21.1 Å². The second-order valence-electron chi connectivity index (χ2n) is 8.30. The largest absolute Gasteiger partial charge is 0.497 e. The Balaban J connectivity index is 1.40. The molecule has 0 aliphatic carbocycles. The van der Waals surface area contributed by atoms with Crippen molar-refractivity contribution in [3.63, 3.8) is 0 Å². The van der Waals surface area contributed by atoms with Gasteiger partial charge in [0.25, 0.3) is 5.91 Å². The molecule has 1 atom stereocenters.